The van der Waals surface area contributed by atoms with Crippen LogP contribution >= 0.6 is 15.9 Å². The number of benzene rings is 1. The predicted molar refractivity (Wildman–Crippen MR) is 82.3 cm³/mol. The summed E-state index contributed by atoms with van der Waals surface area (Å²) in [6.45, 7) is 4.46. The lowest BCUT2D eigenvalue weighted by atomic mass is 9.99. The van der Waals surface area contributed by atoms with Gasteiger partial charge in [-0.2, -0.15) is 0 Å². The van der Waals surface area contributed by atoms with Crippen LogP contribution in [0.2, 0.25) is 0 Å². The number of aryl methyl sites for hydroxylation is 1. The standard InChI is InChI=1S/C15H23BrN2O/c1-11-3-4-13(14(16)9-11)15(10-17)18(2)12-5-7-19-8-6-12/h3-4,9,12,15H,5-8,10,17H2,1-2H3. The van der Waals surface area contributed by atoms with E-state index >= 15 is 0 Å². The Morgan fingerprint density at radius 3 is 2.68 bits per heavy atom. The van der Waals surface area contributed by atoms with Crippen LogP contribution in [0.25, 0.3) is 0 Å². The van der Waals surface area contributed by atoms with Crippen LogP contribution in [0, 0.1) is 6.92 Å². The molecule has 0 radical (unpaired) electrons. The van der Waals surface area contributed by atoms with Crippen molar-refractivity contribution in [2.45, 2.75) is 31.8 Å². The number of likely N-dealkylation sites (N-methyl/N-ethyl adjacent to an activating group) is 1. The molecule has 19 heavy (non-hydrogen) atoms. The van der Waals surface area contributed by atoms with E-state index in [1.807, 2.05) is 0 Å². The van der Waals surface area contributed by atoms with Gasteiger partial charge in [0, 0.05) is 36.3 Å². The highest BCUT2D eigenvalue weighted by Gasteiger charge is 2.26. The summed E-state index contributed by atoms with van der Waals surface area (Å²) in [6.07, 6.45) is 2.19. The second-order valence-electron chi connectivity index (χ2n) is 5.29. The average molecular weight is 327 g/mol. The van der Waals surface area contributed by atoms with Gasteiger partial charge in [-0.05, 0) is 44.0 Å². The Bertz CT molecular complexity index is 419. The van der Waals surface area contributed by atoms with Crippen LogP contribution in [0.4, 0.5) is 0 Å². The summed E-state index contributed by atoms with van der Waals surface area (Å²) >= 11 is 3.67. The fourth-order valence-electron chi connectivity index (χ4n) is 2.76. The Hall–Kier alpha value is -0.420. The molecule has 2 N–H and O–H groups in total. The first-order valence-electron chi connectivity index (χ1n) is 6.89. The van der Waals surface area contributed by atoms with Gasteiger partial charge >= 0.3 is 0 Å². The zero-order valence-corrected chi connectivity index (χ0v) is 13.3. The first-order valence-corrected chi connectivity index (χ1v) is 7.68. The maximum absolute atomic E-state index is 6.03. The van der Waals surface area contributed by atoms with Crippen LogP contribution in [-0.4, -0.2) is 37.7 Å². The lowest BCUT2D eigenvalue weighted by Crippen LogP contribution is -2.41. The van der Waals surface area contributed by atoms with Crippen molar-refractivity contribution in [3.05, 3.63) is 33.8 Å². The Labute approximate surface area is 124 Å². The minimum atomic E-state index is 0.262. The molecule has 1 fully saturated rings. The van der Waals surface area contributed by atoms with Crippen molar-refractivity contribution < 1.29 is 4.74 Å². The largest absolute Gasteiger partial charge is 0.381 e. The van der Waals surface area contributed by atoms with E-state index < -0.39 is 0 Å². The normalized spacial score (nSPS) is 18.8. The number of rotatable bonds is 4. The summed E-state index contributed by atoms with van der Waals surface area (Å²) in [6, 6.07) is 7.33. The number of nitrogens with zero attached hydrogens (tertiary/aromatic N) is 1. The zero-order chi connectivity index (χ0) is 13.8. The van der Waals surface area contributed by atoms with Gasteiger partial charge in [0.1, 0.15) is 0 Å². The molecule has 0 spiro atoms. The number of hydrogen-bond donors (Lipinski definition) is 1. The fraction of sp³-hybridized carbons (Fsp3) is 0.600. The van der Waals surface area contributed by atoms with Crippen LogP contribution in [0.15, 0.2) is 22.7 Å². The molecular formula is C15H23BrN2O. The third-order valence-electron chi connectivity index (χ3n) is 4.00. The summed E-state index contributed by atoms with van der Waals surface area (Å²) < 4.78 is 6.60. The van der Waals surface area contributed by atoms with Crippen molar-refractivity contribution in [3.63, 3.8) is 0 Å². The highest BCUT2D eigenvalue weighted by atomic mass is 79.9. The second kappa shape index (κ2) is 6.84. The van der Waals surface area contributed by atoms with E-state index in [1.165, 1.54) is 11.1 Å². The first kappa shape index (κ1) is 15.0. The Morgan fingerprint density at radius 2 is 2.11 bits per heavy atom. The van der Waals surface area contributed by atoms with Gasteiger partial charge in [0.15, 0.2) is 0 Å². The maximum atomic E-state index is 6.03. The average Bonchev–Trinajstić information content (AvgIpc) is 2.42. The Kier molecular flexibility index (Phi) is 5.39. The van der Waals surface area contributed by atoms with Gasteiger partial charge in [-0.15, -0.1) is 0 Å². The molecule has 1 saturated heterocycles. The topological polar surface area (TPSA) is 38.5 Å². The molecule has 3 nitrogen and oxygen atoms in total. The Morgan fingerprint density at radius 1 is 1.42 bits per heavy atom. The third-order valence-corrected chi connectivity index (χ3v) is 4.68. The lowest BCUT2D eigenvalue weighted by molar-refractivity contribution is 0.0293. The molecule has 1 heterocycles. The molecule has 0 aromatic heterocycles. The highest BCUT2D eigenvalue weighted by molar-refractivity contribution is 9.10. The second-order valence-corrected chi connectivity index (χ2v) is 6.14. The molecule has 1 unspecified atom stereocenters. The molecule has 1 aromatic rings. The smallest absolute Gasteiger partial charge is 0.0481 e. The van der Waals surface area contributed by atoms with Gasteiger partial charge in [0.05, 0.1) is 0 Å². The first-order chi connectivity index (χ1) is 9.13. The molecule has 1 aliphatic rings. The van der Waals surface area contributed by atoms with Crippen molar-refractivity contribution in [2.75, 3.05) is 26.8 Å². The van der Waals surface area contributed by atoms with E-state index in [0.29, 0.717) is 12.6 Å². The number of halogens is 1. The molecule has 2 rings (SSSR count). The molecule has 1 aromatic carbocycles. The lowest BCUT2D eigenvalue weighted by Gasteiger charge is -2.37. The Balaban J connectivity index is 2.18. The predicted octanol–water partition coefficient (Wildman–Crippen LogP) is 2.87. The summed E-state index contributed by atoms with van der Waals surface area (Å²) in [5.41, 5.74) is 8.57. The summed E-state index contributed by atoms with van der Waals surface area (Å²) in [5, 5.41) is 0. The number of nitrogens with two attached hydrogens (primary N) is 1. The van der Waals surface area contributed by atoms with Crippen LogP contribution in [0.5, 0.6) is 0 Å². The van der Waals surface area contributed by atoms with Crippen LogP contribution in [0.3, 0.4) is 0 Å². The molecule has 1 atom stereocenters. The molecule has 1 aliphatic heterocycles. The van der Waals surface area contributed by atoms with Crippen molar-refractivity contribution in [1.29, 1.82) is 0 Å². The van der Waals surface area contributed by atoms with E-state index in [0.717, 1.165) is 30.5 Å². The van der Waals surface area contributed by atoms with Crippen LogP contribution in [0.1, 0.15) is 30.0 Å². The molecule has 0 saturated carbocycles. The van der Waals surface area contributed by atoms with Crippen LogP contribution in [-0.2, 0) is 4.74 Å². The molecule has 4 heteroatoms. The molecule has 0 aliphatic carbocycles. The van der Waals surface area contributed by atoms with Crippen molar-refractivity contribution >= 4 is 15.9 Å². The number of ether oxygens (including phenoxy) is 1. The van der Waals surface area contributed by atoms with E-state index in [9.17, 15) is 0 Å². The minimum Gasteiger partial charge on any atom is -0.381 e. The summed E-state index contributed by atoms with van der Waals surface area (Å²) in [4.78, 5) is 2.41. The van der Waals surface area contributed by atoms with Gasteiger partial charge in [0.25, 0.3) is 0 Å². The van der Waals surface area contributed by atoms with Gasteiger partial charge < -0.3 is 10.5 Å². The zero-order valence-electron chi connectivity index (χ0n) is 11.7. The van der Waals surface area contributed by atoms with E-state index in [1.54, 1.807) is 0 Å². The third kappa shape index (κ3) is 3.57. The van der Waals surface area contributed by atoms with E-state index in [4.69, 9.17) is 10.5 Å². The van der Waals surface area contributed by atoms with E-state index in [-0.39, 0.29) is 6.04 Å². The molecular weight excluding hydrogens is 304 g/mol. The highest BCUT2D eigenvalue weighted by Crippen LogP contribution is 2.30. The SMILES string of the molecule is Cc1ccc(C(CN)N(C)C2CCOCC2)c(Br)c1. The van der Waals surface area contributed by atoms with Gasteiger partial charge in [-0.1, -0.05) is 28.1 Å². The van der Waals surface area contributed by atoms with Crippen molar-refractivity contribution in [3.8, 4) is 0 Å². The van der Waals surface area contributed by atoms with Gasteiger partial charge in [-0.25, -0.2) is 0 Å². The monoisotopic (exact) mass is 326 g/mol. The maximum Gasteiger partial charge on any atom is 0.0481 e. The fourth-order valence-corrected chi connectivity index (χ4v) is 3.52. The van der Waals surface area contributed by atoms with Crippen molar-refractivity contribution in [2.24, 2.45) is 5.73 Å². The minimum absolute atomic E-state index is 0.262. The quantitative estimate of drug-likeness (QED) is 0.924. The number of hydrogen-bond acceptors (Lipinski definition) is 3. The van der Waals surface area contributed by atoms with E-state index in [2.05, 4.69) is 53.0 Å². The molecule has 106 valence electrons. The van der Waals surface area contributed by atoms with Gasteiger partial charge in [-0.3, -0.25) is 4.90 Å². The summed E-state index contributed by atoms with van der Waals surface area (Å²) in [7, 11) is 2.18. The van der Waals surface area contributed by atoms with Crippen LogP contribution < -0.4 is 5.73 Å². The molecule has 0 bridgehead atoms. The van der Waals surface area contributed by atoms with Gasteiger partial charge in [0.2, 0.25) is 0 Å². The molecule has 0 amide bonds. The summed E-state index contributed by atoms with van der Waals surface area (Å²) in [5.74, 6) is 0. The van der Waals surface area contributed by atoms with Crippen molar-refractivity contribution in [1.82, 2.24) is 4.90 Å².